The molecule has 2 rings (SSSR count). The van der Waals surface area contributed by atoms with Crippen LogP contribution in [0.5, 0.6) is 0 Å². The Labute approximate surface area is 156 Å². The predicted octanol–water partition coefficient (Wildman–Crippen LogP) is 3.72. The van der Waals surface area contributed by atoms with Crippen LogP contribution in [0.1, 0.15) is 22.3 Å². The summed E-state index contributed by atoms with van der Waals surface area (Å²) >= 11 is 0. The Morgan fingerprint density at radius 2 is 1.93 bits per heavy atom. The van der Waals surface area contributed by atoms with Gasteiger partial charge in [0.1, 0.15) is 5.69 Å². The third kappa shape index (κ3) is 5.50. The van der Waals surface area contributed by atoms with Crippen LogP contribution in [0.2, 0.25) is 0 Å². The third-order valence-corrected chi connectivity index (χ3v) is 3.97. The second-order valence-corrected chi connectivity index (χ2v) is 6.06. The zero-order valence-electron chi connectivity index (χ0n) is 15.3. The highest BCUT2D eigenvalue weighted by Crippen LogP contribution is 2.30. The Bertz CT molecular complexity index is 919. The van der Waals surface area contributed by atoms with Crippen molar-refractivity contribution < 1.29 is 19.2 Å². The number of carbonyl (C=O) groups is 2. The van der Waals surface area contributed by atoms with E-state index in [0.29, 0.717) is 5.56 Å². The fourth-order valence-corrected chi connectivity index (χ4v) is 2.41. The maximum atomic E-state index is 12.0. The number of nitro benzene ring substituents is 1. The first kappa shape index (κ1) is 19.8. The summed E-state index contributed by atoms with van der Waals surface area (Å²) in [6.45, 7) is 4.85. The number of nitrogens with one attached hydrogen (secondary N) is 1. The number of anilines is 1. The number of benzene rings is 2. The van der Waals surface area contributed by atoms with E-state index in [1.807, 2.05) is 31.2 Å². The van der Waals surface area contributed by atoms with Gasteiger partial charge in [-0.05, 0) is 43.5 Å². The minimum absolute atomic E-state index is 0.108. The van der Waals surface area contributed by atoms with Crippen LogP contribution < -0.4 is 5.32 Å². The van der Waals surface area contributed by atoms with Crippen LogP contribution >= 0.6 is 0 Å². The summed E-state index contributed by atoms with van der Waals surface area (Å²) < 4.78 is 4.89. The highest BCUT2D eigenvalue weighted by Gasteiger charge is 2.19. The molecule has 0 fully saturated rings. The fraction of sp³-hybridized carbons (Fsp3) is 0.200. The standard InChI is InChI=1S/C20H20N2O5/c1-13-5-4-6-16(11-13)8-10-19(24)27-12-18(23)21-20-15(3)14(2)7-9-17(20)22(25)26/h4-11H,12H2,1-3H3,(H,21,23)/b10-8+. The number of hydrogen-bond acceptors (Lipinski definition) is 5. The average Bonchev–Trinajstić information content (AvgIpc) is 2.62. The van der Waals surface area contributed by atoms with E-state index in [1.165, 1.54) is 12.1 Å². The van der Waals surface area contributed by atoms with Gasteiger partial charge in [-0.15, -0.1) is 0 Å². The summed E-state index contributed by atoms with van der Waals surface area (Å²) in [5.41, 5.74) is 3.17. The number of nitro groups is 1. The van der Waals surface area contributed by atoms with E-state index in [1.54, 1.807) is 26.0 Å². The van der Waals surface area contributed by atoms with Gasteiger partial charge in [0.05, 0.1) is 4.92 Å². The monoisotopic (exact) mass is 368 g/mol. The van der Waals surface area contributed by atoms with Gasteiger partial charge >= 0.3 is 5.97 Å². The summed E-state index contributed by atoms with van der Waals surface area (Å²) in [6.07, 6.45) is 2.81. The Morgan fingerprint density at radius 1 is 1.19 bits per heavy atom. The largest absolute Gasteiger partial charge is 0.452 e. The molecule has 0 aliphatic rings. The molecule has 0 heterocycles. The van der Waals surface area contributed by atoms with Gasteiger partial charge in [0.15, 0.2) is 6.61 Å². The highest BCUT2D eigenvalue weighted by atomic mass is 16.6. The number of ether oxygens (including phenoxy) is 1. The minimum atomic E-state index is -0.679. The van der Waals surface area contributed by atoms with Crippen molar-refractivity contribution in [1.29, 1.82) is 0 Å². The van der Waals surface area contributed by atoms with E-state index in [4.69, 9.17) is 4.74 Å². The van der Waals surface area contributed by atoms with Crippen LogP contribution in [0, 0.1) is 30.9 Å². The molecule has 1 amide bonds. The zero-order chi connectivity index (χ0) is 20.0. The van der Waals surface area contributed by atoms with Gasteiger partial charge in [0, 0.05) is 12.1 Å². The topological polar surface area (TPSA) is 98.5 Å². The Hall–Kier alpha value is -3.48. The molecule has 0 bridgehead atoms. The van der Waals surface area contributed by atoms with Crippen LogP contribution in [0.15, 0.2) is 42.5 Å². The molecule has 0 aliphatic carbocycles. The third-order valence-electron chi connectivity index (χ3n) is 3.97. The molecule has 0 aromatic heterocycles. The molecular formula is C20H20N2O5. The lowest BCUT2D eigenvalue weighted by atomic mass is 10.1. The fourth-order valence-electron chi connectivity index (χ4n) is 2.41. The molecule has 0 saturated carbocycles. The quantitative estimate of drug-likeness (QED) is 0.363. The lowest BCUT2D eigenvalue weighted by Crippen LogP contribution is -2.21. The number of aryl methyl sites for hydroxylation is 2. The van der Waals surface area contributed by atoms with Crippen molar-refractivity contribution in [3.05, 3.63) is 74.8 Å². The molecule has 2 aromatic rings. The van der Waals surface area contributed by atoms with E-state index >= 15 is 0 Å². The van der Waals surface area contributed by atoms with Crippen LogP contribution in [0.3, 0.4) is 0 Å². The van der Waals surface area contributed by atoms with Crippen LogP contribution in [-0.4, -0.2) is 23.4 Å². The van der Waals surface area contributed by atoms with E-state index in [9.17, 15) is 19.7 Å². The molecule has 27 heavy (non-hydrogen) atoms. The first-order valence-electron chi connectivity index (χ1n) is 8.24. The van der Waals surface area contributed by atoms with Crippen molar-refractivity contribution in [2.24, 2.45) is 0 Å². The van der Waals surface area contributed by atoms with Gasteiger partial charge in [-0.25, -0.2) is 4.79 Å². The Morgan fingerprint density at radius 3 is 2.59 bits per heavy atom. The van der Waals surface area contributed by atoms with Crippen molar-refractivity contribution >= 4 is 29.3 Å². The molecule has 0 radical (unpaired) electrons. The number of hydrogen-bond donors (Lipinski definition) is 1. The molecule has 7 nitrogen and oxygen atoms in total. The van der Waals surface area contributed by atoms with E-state index < -0.39 is 23.4 Å². The van der Waals surface area contributed by atoms with Crippen LogP contribution in [-0.2, 0) is 14.3 Å². The normalized spacial score (nSPS) is 10.6. The second-order valence-electron chi connectivity index (χ2n) is 6.06. The van der Waals surface area contributed by atoms with Gasteiger partial charge in [0.25, 0.3) is 11.6 Å². The molecule has 140 valence electrons. The molecular weight excluding hydrogens is 348 g/mol. The second kappa shape index (κ2) is 8.75. The highest BCUT2D eigenvalue weighted by molar-refractivity contribution is 5.97. The Balaban J connectivity index is 1.98. The van der Waals surface area contributed by atoms with Crippen molar-refractivity contribution in [3.8, 4) is 0 Å². The van der Waals surface area contributed by atoms with Crippen LogP contribution in [0.25, 0.3) is 6.08 Å². The van der Waals surface area contributed by atoms with E-state index in [0.717, 1.165) is 16.7 Å². The maximum absolute atomic E-state index is 12.0. The van der Waals surface area contributed by atoms with Crippen molar-refractivity contribution in [3.63, 3.8) is 0 Å². The van der Waals surface area contributed by atoms with Crippen LogP contribution in [0.4, 0.5) is 11.4 Å². The number of carbonyl (C=O) groups excluding carboxylic acids is 2. The van der Waals surface area contributed by atoms with Crippen molar-refractivity contribution in [1.82, 2.24) is 0 Å². The molecule has 0 aliphatic heterocycles. The summed E-state index contributed by atoms with van der Waals surface area (Å²) in [5.74, 6) is -1.33. The smallest absolute Gasteiger partial charge is 0.331 e. The Kier molecular flexibility index (Phi) is 6.43. The number of amides is 1. The summed E-state index contributed by atoms with van der Waals surface area (Å²) in [4.78, 5) is 34.4. The van der Waals surface area contributed by atoms with E-state index in [-0.39, 0.29) is 11.4 Å². The van der Waals surface area contributed by atoms with Crippen molar-refractivity contribution in [2.75, 3.05) is 11.9 Å². The lowest BCUT2D eigenvalue weighted by Gasteiger charge is -2.11. The molecule has 0 atom stereocenters. The van der Waals surface area contributed by atoms with E-state index in [2.05, 4.69) is 5.32 Å². The summed E-state index contributed by atoms with van der Waals surface area (Å²) in [5, 5.41) is 13.6. The number of esters is 1. The average molecular weight is 368 g/mol. The summed E-state index contributed by atoms with van der Waals surface area (Å²) in [7, 11) is 0. The SMILES string of the molecule is Cc1cccc(/C=C/C(=O)OCC(=O)Nc2c([N+](=O)[O-])ccc(C)c2C)c1. The molecule has 0 spiro atoms. The van der Waals surface area contributed by atoms with Gasteiger partial charge in [0.2, 0.25) is 0 Å². The number of rotatable bonds is 6. The molecule has 2 aromatic carbocycles. The maximum Gasteiger partial charge on any atom is 0.331 e. The molecule has 0 unspecified atom stereocenters. The predicted molar refractivity (Wildman–Crippen MR) is 102 cm³/mol. The number of nitrogens with zero attached hydrogens (tertiary/aromatic N) is 1. The molecule has 0 saturated heterocycles. The molecule has 7 heteroatoms. The minimum Gasteiger partial charge on any atom is -0.452 e. The zero-order valence-corrected chi connectivity index (χ0v) is 15.3. The summed E-state index contributed by atoms with van der Waals surface area (Å²) in [6, 6.07) is 10.5. The first-order chi connectivity index (χ1) is 12.8. The molecule has 1 N–H and O–H groups in total. The van der Waals surface area contributed by atoms with Gasteiger partial charge in [-0.1, -0.05) is 35.9 Å². The van der Waals surface area contributed by atoms with Gasteiger partial charge < -0.3 is 10.1 Å². The first-order valence-corrected chi connectivity index (χ1v) is 8.24. The lowest BCUT2D eigenvalue weighted by molar-refractivity contribution is -0.384. The van der Waals surface area contributed by atoms with Gasteiger partial charge in [-0.2, -0.15) is 0 Å². The van der Waals surface area contributed by atoms with Gasteiger partial charge in [-0.3, -0.25) is 14.9 Å². The van der Waals surface area contributed by atoms with Crippen molar-refractivity contribution in [2.45, 2.75) is 20.8 Å².